The van der Waals surface area contributed by atoms with E-state index in [-0.39, 0.29) is 6.10 Å². The fourth-order valence-electron chi connectivity index (χ4n) is 4.13. The molecule has 1 aliphatic heterocycles. The first kappa shape index (κ1) is 23.1. The Morgan fingerprint density at radius 3 is 2.32 bits per heavy atom. The minimum absolute atomic E-state index is 0.0970. The number of aryl methyl sites for hydroxylation is 1. The lowest BCUT2D eigenvalue weighted by Crippen LogP contribution is -2.48. The number of anilines is 1. The van der Waals surface area contributed by atoms with Gasteiger partial charge in [-0.1, -0.05) is 32.8 Å². The molecule has 7 nitrogen and oxygen atoms in total. The first-order valence-corrected chi connectivity index (χ1v) is 11.1. The Labute approximate surface area is 186 Å². The normalized spacial score (nSPS) is 15.3. The second-order valence-electron chi connectivity index (χ2n) is 8.02. The van der Waals surface area contributed by atoms with Gasteiger partial charge in [0.1, 0.15) is 0 Å². The molecule has 1 aromatic carbocycles. The highest BCUT2D eigenvalue weighted by atomic mass is 16.5. The van der Waals surface area contributed by atoms with Gasteiger partial charge in [0.25, 0.3) is 0 Å². The van der Waals surface area contributed by atoms with Gasteiger partial charge >= 0.3 is 0 Å². The van der Waals surface area contributed by atoms with Gasteiger partial charge < -0.3 is 24.0 Å². The number of hydrogen-bond acceptors (Lipinski definition) is 7. The van der Waals surface area contributed by atoms with Crippen LogP contribution in [0.3, 0.4) is 0 Å². The zero-order valence-electron chi connectivity index (χ0n) is 19.6. The molecule has 0 N–H and O–H groups in total. The largest absolute Gasteiger partial charge is 0.493 e. The van der Waals surface area contributed by atoms with Crippen molar-refractivity contribution >= 4 is 16.9 Å². The van der Waals surface area contributed by atoms with Crippen molar-refractivity contribution in [3.05, 3.63) is 30.1 Å². The second kappa shape index (κ2) is 10.7. The maximum atomic E-state index is 5.73. The summed E-state index contributed by atoms with van der Waals surface area (Å²) in [5, 5.41) is 0.975. The van der Waals surface area contributed by atoms with E-state index in [1.54, 1.807) is 21.3 Å². The van der Waals surface area contributed by atoms with Gasteiger partial charge in [-0.25, -0.2) is 9.97 Å². The molecule has 1 aromatic heterocycles. The van der Waals surface area contributed by atoms with Gasteiger partial charge in [-0.3, -0.25) is 0 Å². The van der Waals surface area contributed by atoms with Crippen molar-refractivity contribution in [3.63, 3.8) is 0 Å². The Bertz CT molecular complexity index is 894. The molecule has 1 aliphatic rings. The maximum absolute atomic E-state index is 5.73. The summed E-state index contributed by atoms with van der Waals surface area (Å²) in [7, 11) is 5.06. The number of rotatable bonds is 10. The van der Waals surface area contributed by atoms with Crippen LogP contribution in [0, 0.1) is 6.92 Å². The van der Waals surface area contributed by atoms with Gasteiger partial charge in [0.05, 0.1) is 31.5 Å². The smallest absolute Gasteiger partial charge is 0.226 e. The Kier molecular flexibility index (Phi) is 7.96. The summed E-state index contributed by atoms with van der Waals surface area (Å²) >= 11 is 0. The van der Waals surface area contributed by atoms with Gasteiger partial charge in [0, 0.05) is 50.4 Å². The molecule has 0 saturated carbocycles. The van der Waals surface area contributed by atoms with Gasteiger partial charge in [-0.05, 0) is 19.4 Å². The van der Waals surface area contributed by atoms with Gasteiger partial charge in [0.2, 0.25) is 5.95 Å². The number of fused-ring (bicyclic) bond motifs is 1. The molecule has 1 unspecified atom stereocenters. The van der Waals surface area contributed by atoms with Crippen LogP contribution in [-0.4, -0.2) is 68.5 Å². The zero-order valence-corrected chi connectivity index (χ0v) is 19.6. The molecule has 1 atom stereocenters. The van der Waals surface area contributed by atoms with Gasteiger partial charge in [-0.15, -0.1) is 0 Å². The minimum atomic E-state index is 0.0970. The highest BCUT2D eigenvalue weighted by molar-refractivity contribution is 5.85. The number of ether oxygens (including phenoxy) is 3. The van der Waals surface area contributed by atoms with Crippen LogP contribution in [0.4, 0.5) is 5.95 Å². The molecule has 2 heterocycles. The Hall–Kier alpha value is -2.54. The molecule has 2 aromatic rings. The van der Waals surface area contributed by atoms with Crippen molar-refractivity contribution in [2.75, 3.05) is 52.4 Å². The molecule has 1 fully saturated rings. The number of aromatic nitrogens is 2. The predicted molar refractivity (Wildman–Crippen MR) is 125 cm³/mol. The van der Waals surface area contributed by atoms with Crippen LogP contribution in [0.2, 0.25) is 0 Å². The molecular formula is C24H36N4O3. The topological polar surface area (TPSA) is 60.0 Å². The van der Waals surface area contributed by atoms with Crippen molar-refractivity contribution in [2.45, 2.75) is 45.6 Å². The van der Waals surface area contributed by atoms with Crippen molar-refractivity contribution in [2.24, 2.45) is 0 Å². The molecule has 0 bridgehead atoms. The third-order valence-corrected chi connectivity index (χ3v) is 6.07. The van der Waals surface area contributed by atoms with Crippen molar-refractivity contribution in [1.82, 2.24) is 14.9 Å². The van der Waals surface area contributed by atoms with E-state index in [2.05, 4.69) is 23.3 Å². The van der Waals surface area contributed by atoms with Gasteiger partial charge in [-0.2, -0.15) is 0 Å². The van der Waals surface area contributed by atoms with Crippen molar-refractivity contribution < 1.29 is 14.2 Å². The van der Waals surface area contributed by atoms with E-state index >= 15 is 0 Å². The number of piperazine rings is 1. The number of methoxy groups -OCH3 is 3. The average Bonchev–Trinajstić information content (AvgIpc) is 2.80. The van der Waals surface area contributed by atoms with Crippen LogP contribution in [0.25, 0.3) is 10.9 Å². The van der Waals surface area contributed by atoms with E-state index in [4.69, 9.17) is 24.2 Å². The average molecular weight is 429 g/mol. The first-order valence-electron chi connectivity index (χ1n) is 11.1. The second-order valence-corrected chi connectivity index (χ2v) is 8.02. The standard InChI is InChI=1S/C24H36N4O3/c1-7-8-9-10-21(29-4)18(3)27-11-13-28(14-12-27)24-25-17(2)19-15-22(30-5)23(31-6)16-20(19)26-24/h15-16,21H,3,7-14H2,1-2,4-6H3. The third kappa shape index (κ3) is 5.21. The molecule has 7 heteroatoms. The molecule has 170 valence electrons. The monoisotopic (exact) mass is 428 g/mol. The molecule has 3 rings (SSSR count). The highest BCUT2D eigenvalue weighted by Gasteiger charge is 2.24. The van der Waals surface area contributed by atoms with Gasteiger partial charge in [0.15, 0.2) is 11.5 Å². The van der Waals surface area contributed by atoms with E-state index in [9.17, 15) is 0 Å². The predicted octanol–water partition coefficient (Wildman–Crippen LogP) is 4.19. The van der Waals surface area contributed by atoms with Crippen LogP contribution in [-0.2, 0) is 4.74 Å². The van der Waals surface area contributed by atoms with Crippen LogP contribution in [0.5, 0.6) is 11.5 Å². The molecule has 0 aliphatic carbocycles. The SMILES string of the molecule is C=C(C(CCCCC)OC)N1CCN(c2nc(C)c3cc(OC)c(OC)cc3n2)CC1. The molecule has 1 saturated heterocycles. The Balaban J connectivity index is 1.70. The fraction of sp³-hybridized carbons (Fsp3) is 0.583. The summed E-state index contributed by atoms with van der Waals surface area (Å²) in [5.74, 6) is 2.12. The molecule has 0 spiro atoms. The Morgan fingerprint density at radius 2 is 1.71 bits per heavy atom. The molecule has 31 heavy (non-hydrogen) atoms. The third-order valence-electron chi connectivity index (χ3n) is 6.07. The summed E-state index contributed by atoms with van der Waals surface area (Å²) < 4.78 is 16.6. The molecule has 0 amide bonds. The number of nitrogens with zero attached hydrogens (tertiary/aromatic N) is 4. The van der Waals surface area contributed by atoms with Crippen LogP contribution >= 0.6 is 0 Å². The Morgan fingerprint density at radius 1 is 1.03 bits per heavy atom. The van der Waals surface area contributed by atoms with Crippen molar-refractivity contribution in [3.8, 4) is 11.5 Å². The van der Waals surface area contributed by atoms with E-state index in [0.29, 0.717) is 11.5 Å². The molecule has 0 radical (unpaired) electrons. The lowest BCUT2D eigenvalue weighted by Gasteiger charge is -2.39. The number of unbranched alkanes of at least 4 members (excludes halogenated alkanes) is 2. The number of hydrogen-bond donors (Lipinski definition) is 0. The van der Waals surface area contributed by atoms with Crippen LogP contribution in [0.15, 0.2) is 24.4 Å². The van der Waals surface area contributed by atoms with Crippen LogP contribution < -0.4 is 14.4 Å². The summed E-state index contributed by atoms with van der Waals surface area (Å²) in [6.07, 6.45) is 4.75. The lowest BCUT2D eigenvalue weighted by atomic mass is 10.1. The van der Waals surface area contributed by atoms with E-state index < -0.39 is 0 Å². The van der Waals surface area contributed by atoms with Crippen LogP contribution in [0.1, 0.15) is 38.3 Å². The summed E-state index contributed by atoms with van der Waals surface area (Å²) in [6.45, 7) is 12.0. The fourth-order valence-corrected chi connectivity index (χ4v) is 4.13. The summed E-state index contributed by atoms with van der Waals surface area (Å²) in [6, 6.07) is 3.86. The zero-order chi connectivity index (χ0) is 22.4. The lowest BCUT2D eigenvalue weighted by molar-refractivity contribution is 0.0917. The first-order chi connectivity index (χ1) is 15.0. The summed E-state index contributed by atoms with van der Waals surface area (Å²) in [4.78, 5) is 14.2. The van der Waals surface area contributed by atoms with E-state index in [0.717, 1.165) is 60.8 Å². The quantitative estimate of drug-likeness (QED) is 0.526. The maximum Gasteiger partial charge on any atom is 0.226 e. The summed E-state index contributed by atoms with van der Waals surface area (Å²) in [5.41, 5.74) is 2.89. The van der Waals surface area contributed by atoms with Crippen molar-refractivity contribution in [1.29, 1.82) is 0 Å². The van der Waals surface area contributed by atoms with E-state index in [1.165, 1.54) is 19.3 Å². The van der Waals surface area contributed by atoms with E-state index in [1.807, 2.05) is 19.1 Å². The molecular weight excluding hydrogens is 392 g/mol. The highest BCUT2D eigenvalue weighted by Crippen LogP contribution is 2.33. The minimum Gasteiger partial charge on any atom is -0.493 e. The number of benzene rings is 1.